The van der Waals surface area contributed by atoms with Crippen LogP contribution < -0.4 is 5.63 Å². The van der Waals surface area contributed by atoms with E-state index in [2.05, 4.69) is 0 Å². The van der Waals surface area contributed by atoms with Crippen LogP contribution in [-0.4, -0.2) is 5.78 Å². The Balaban J connectivity index is 2.34. The molecule has 0 unspecified atom stereocenters. The molecule has 0 amide bonds. The molecule has 112 valence electrons. The van der Waals surface area contributed by atoms with E-state index in [9.17, 15) is 9.59 Å². The predicted octanol–water partition coefficient (Wildman–Crippen LogP) is 4.13. The van der Waals surface area contributed by atoms with E-state index in [-0.39, 0.29) is 5.78 Å². The second kappa shape index (κ2) is 5.30. The summed E-state index contributed by atoms with van der Waals surface area (Å²) in [6.07, 6.45) is 0.575. The Kier molecular flexibility index (Phi) is 3.45. The highest BCUT2D eigenvalue weighted by molar-refractivity contribution is 5.98. The second-order valence-corrected chi connectivity index (χ2v) is 5.26. The lowest BCUT2D eigenvalue weighted by Crippen LogP contribution is -2.14. The number of ketones is 1. The molecule has 0 radical (unpaired) electrons. The van der Waals surface area contributed by atoms with Gasteiger partial charge in [0.05, 0.1) is 0 Å². The van der Waals surface area contributed by atoms with E-state index in [4.69, 9.17) is 8.83 Å². The zero-order valence-corrected chi connectivity index (χ0v) is 12.7. The van der Waals surface area contributed by atoms with Gasteiger partial charge in [0.1, 0.15) is 5.58 Å². The van der Waals surface area contributed by atoms with Gasteiger partial charge in [-0.1, -0.05) is 25.1 Å². The fraction of sp³-hybridized carbons (Fsp3) is 0.222. The molecule has 0 saturated carbocycles. The van der Waals surface area contributed by atoms with Gasteiger partial charge < -0.3 is 8.83 Å². The van der Waals surface area contributed by atoms with Gasteiger partial charge in [-0.2, -0.15) is 0 Å². The number of carbonyl (C=O) groups is 1. The van der Waals surface area contributed by atoms with Crippen molar-refractivity contribution in [2.75, 3.05) is 0 Å². The van der Waals surface area contributed by atoms with Crippen molar-refractivity contribution in [3.8, 4) is 11.5 Å². The zero-order chi connectivity index (χ0) is 15.9. The van der Waals surface area contributed by atoms with E-state index >= 15 is 0 Å². The summed E-state index contributed by atoms with van der Waals surface area (Å²) in [5, 5.41) is 0.923. The van der Waals surface area contributed by atoms with Gasteiger partial charge in [-0.05, 0) is 32.4 Å². The van der Waals surface area contributed by atoms with Gasteiger partial charge in [-0.3, -0.25) is 4.79 Å². The van der Waals surface area contributed by atoms with E-state index < -0.39 is 5.63 Å². The van der Waals surface area contributed by atoms with Crippen molar-refractivity contribution in [1.82, 2.24) is 0 Å². The first kappa shape index (κ1) is 14.3. The fourth-order valence-corrected chi connectivity index (χ4v) is 2.78. The number of fused-ring (bicyclic) bond motifs is 1. The van der Waals surface area contributed by atoms with Crippen LogP contribution >= 0.6 is 0 Å². The van der Waals surface area contributed by atoms with Gasteiger partial charge in [0.25, 0.3) is 0 Å². The van der Waals surface area contributed by atoms with Crippen LogP contribution in [0.1, 0.15) is 35.3 Å². The fourth-order valence-electron chi connectivity index (χ4n) is 2.78. The summed E-state index contributed by atoms with van der Waals surface area (Å²) >= 11 is 0. The maximum atomic E-state index is 12.1. The van der Waals surface area contributed by atoms with Crippen LogP contribution in [0, 0.1) is 6.92 Å². The minimum absolute atomic E-state index is 0.139. The molecule has 0 bridgehead atoms. The SMILES string of the molecule is CCc1c(-c2cc3ccccc3o2)oc(=O)c(C)c1C(C)=O. The highest BCUT2D eigenvalue weighted by atomic mass is 16.4. The minimum atomic E-state index is -0.502. The zero-order valence-electron chi connectivity index (χ0n) is 12.7. The Bertz CT molecular complexity index is 895. The minimum Gasteiger partial charge on any atom is -0.453 e. The molecule has 0 aliphatic carbocycles. The van der Waals surface area contributed by atoms with E-state index in [0.717, 1.165) is 5.39 Å². The number of Topliss-reactive ketones (excluding diaryl/α,β-unsaturated/α-hetero) is 1. The maximum Gasteiger partial charge on any atom is 0.340 e. The molecule has 3 aromatic rings. The van der Waals surface area contributed by atoms with Gasteiger partial charge in [0.15, 0.2) is 17.3 Å². The summed E-state index contributed by atoms with van der Waals surface area (Å²) in [4.78, 5) is 24.0. The van der Waals surface area contributed by atoms with Crippen molar-refractivity contribution in [1.29, 1.82) is 0 Å². The monoisotopic (exact) mass is 296 g/mol. The third kappa shape index (κ3) is 2.17. The van der Waals surface area contributed by atoms with Gasteiger partial charge in [-0.15, -0.1) is 0 Å². The molecule has 2 heterocycles. The summed E-state index contributed by atoms with van der Waals surface area (Å²) in [7, 11) is 0. The van der Waals surface area contributed by atoms with Crippen molar-refractivity contribution in [3.63, 3.8) is 0 Å². The van der Waals surface area contributed by atoms with Crippen molar-refractivity contribution >= 4 is 16.8 Å². The van der Waals surface area contributed by atoms with Gasteiger partial charge in [0, 0.05) is 22.1 Å². The number of rotatable bonds is 3. The summed E-state index contributed by atoms with van der Waals surface area (Å²) in [6.45, 7) is 5.00. The molecule has 3 rings (SSSR count). The summed E-state index contributed by atoms with van der Waals surface area (Å²) in [6, 6.07) is 9.39. The Labute approximate surface area is 127 Å². The third-order valence-corrected chi connectivity index (χ3v) is 3.81. The summed E-state index contributed by atoms with van der Waals surface area (Å²) in [5.74, 6) is 0.678. The first-order chi connectivity index (χ1) is 10.5. The number of para-hydroxylation sites is 1. The van der Waals surface area contributed by atoms with E-state index in [1.54, 1.807) is 6.92 Å². The first-order valence-electron chi connectivity index (χ1n) is 7.19. The molecule has 22 heavy (non-hydrogen) atoms. The molecular weight excluding hydrogens is 280 g/mol. The van der Waals surface area contributed by atoms with E-state index in [0.29, 0.717) is 40.2 Å². The maximum absolute atomic E-state index is 12.1. The molecule has 0 fully saturated rings. The molecule has 0 N–H and O–H groups in total. The average molecular weight is 296 g/mol. The molecule has 0 atom stereocenters. The van der Waals surface area contributed by atoms with Crippen LogP contribution in [0.25, 0.3) is 22.5 Å². The molecule has 4 heteroatoms. The Morgan fingerprint density at radius 2 is 1.91 bits per heavy atom. The molecule has 4 nitrogen and oxygen atoms in total. The van der Waals surface area contributed by atoms with Crippen molar-refractivity contribution in [2.45, 2.75) is 27.2 Å². The first-order valence-corrected chi connectivity index (χ1v) is 7.19. The lowest BCUT2D eigenvalue weighted by atomic mass is 9.97. The molecule has 0 aliphatic heterocycles. The second-order valence-electron chi connectivity index (χ2n) is 5.26. The van der Waals surface area contributed by atoms with E-state index in [1.165, 1.54) is 6.92 Å². The normalized spacial score (nSPS) is 11.0. The quantitative estimate of drug-likeness (QED) is 0.682. The van der Waals surface area contributed by atoms with Gasteiger partial charge >= 0.3 is 5.63 Å². The number of carbonyl (C=O) groups excluding carboxylic acids is 1. The topological polar surface area (TPSA) is 60.4 Å². The third-order valence-electron chi connectivity index (χ3n) is 3.81. The molecule has 0 aliphatic rings. The lowest BCUT2D eigenvalue weighted by molar-refractivity contribution is 0.101. The van der Waals surface area contributed by atoms with Crippen LogP contribution in [0.2, 0.25) is 0 Å². The lowest BCUT2D eigenvalue weighted by Gasteiger charge is -2.10. The molecule has 2 aromatic heterocycles. The largest absolute Gasteiger partial charge is 0.453 e. The number of hydrogen-bond acceptors (Lipinski definition) is 4. The van der Waals surface area contributed by atoms with Crippen molar-refractivity contribution < 1.29 is 13.6 Å². The van der Waals surface area contributed by atoms with Crippen LogP contribution in [-0.2, 0) is 6.42 Å². The van der Waals surface area contributed by atoms with Crippen LogP contribution in [0.5, 0.6) is 0 Å². The Morgan fingerprint density at radius 1 is 1.18 bits per heavy atom. The summed E-state index contributed by atoms with van der Waals surface area (Å²) < 4.78 is 11.2. The Hall–Kier alpha value is -2.62. The molecule has 0 saturated heterocycles. The smallest absolute Gasteiger partial charge is 0.340 e. The highest BCUT2D eigenvalue weighted by Gasteiger charge is 2.22. The van der Waals surface area contributed by atoms with Crippen LogP contribution in [0.15, 0.2) is 44.0 Å². The summed E-state index contributed by atoms with van der Waals surface area (Å²) in [5.41, 5.74) is 1.71. The molecular formula is C18H16O4. The predicted molar refractivity (Wildman–Crippen MR) is 84.3 cm³/mol. The highest BCUT2D eigenvalue weighted by Crippen LogP contribution is 2.32. The standard InChI is InChI=1S/C18H16O4/c1-4-13-16(11(3)19)10(2)18(20)22-17(13)15-9-12-7-5-6-8-14(12)21-15/h5-9H,4H2,1-3H3. The van der Waals surface area contributed by atoms with Gasteiger partial charge in [0.2, 0.25) is 0 Å². The van der Waals surface area contributed by atoms with E-state index in [1.807, 2.05) is 37.3 Å². The van der Waals surface area contributed by atoms with Gasteiger partial charge in [-0.25, -0.2) is 4.79 Å². The average Bonchev–Trinajstić information content (AvgIpc) is 2.92. The number of furan rings is 1. The number of hydrogen-bond donors (Lipinski definition) is 0. The van der Waals surface area contributed by atoms with Crippen LogP contribution in [0.3, 0.4) is 0 Å². The van der Waals surface area contributed by atoms with Crippen molar-refractivity contribution in [3.05, 3.63) is 57.4 Å². The van der Waals surface area contributed by atoms with Crippen LogP contribution in [0.4, 0.5) is 0 Å². The van der Waals surface area contributed by atoms with Crippen molar-refractivity contribution in [2.24, 2.45) is 0 Å². The molecule has 1 aromatic carbocycles. The number of benzene rings is 1. The Morgan fingerprint density at radius 3 is 2.55 bits per heavy atom. The molecule has 0 spiro atoms.